The van der Waals surface area contributed by atoms with E-state index in [4.69, 9.17) is 23.2 Å². The van der Waals surface area contributed by atoms with Gasteiger partial charge in [0.15, 0.2) is 0 Å². The van der Waals surface area contributed by atoms with Crippen LogP contribution in [0.25, 0.3) is 0 Å². The fourth-order valence-electron chi connectivity index (χ4n) is 2.69. The van der Waals surface area contributed by atoms with Crippen molar-refractivity contribution in [2.24, 2.45) is 0 Å². The number of amides is 2. The fraction of sp³-hybridized carbons (Fsp3) is 0.300. The molecule has 0 saturated carbocycles. The topological polar surface area (TPSA) is 40.6 Å². The third-order valence-corrected chi connectivity index (χ3v) is 4.62. The minimum Gasteiger partial charge on any atom is -0.339 e. The molecule has 0 saturated heterocycles. The molecule has 0 spiro atoms. The van der Waals surface area contributed by atoms with Crippen LogP contribution in [0.2, 0.25) is 10.0 Å². The van der Waals surface area contributed by atoms with Crippen molar-refractivity contribution in [3.8, 4) is 0 Å². The first kappa shape index (κ1) is 20.3. The SMILES string of the molecule is CCN(Cc1ccccc1)C(=O)CCN(C(C)=O)c1ccc(Cl)cc1Cl. The molecule has 0 N–H and O–H groups in total. The number of rotatable bonds is 7. The van der Waals surface area contributed by atoms with E-state index in [9.17, 15) is 9.59 Å². The van der Waals surface area contributed by atoms with E-state index >= 15 is 0 Å². The van der Waals surface area contributed by atoms with Crippen LogP contribution in [-0.4, -0.2) is 29.8 Å². The zero-order valence-electron chi connectivity index (χ0n) is 14.9. The maximum absolute atomic E-state index is 12.6. The van der Waals surface area contributed by atoms with Crippen LogP contribution in [-0.2, 0) is 16.1 Å². The number of hydrogen-bond donors (Lipinski definition) is 0. The van der Waals surface area contributed by atoms with E-state index in [1.165, 1.54) is 11.8 Å². The van der Waals surface area contributed by atoms with Crippen molar-refractivity contribution in [2.45, 2.75) is 26.8 Å². The van der Waals surface area contributed by atoms with Crippen LogP contribution in [0.15, 0.2) is 48.5 Å². The molecule has 26 heavy (non-hydrogen) atoms. The van der Waals surface area contributed by atoms with Crippen LogP contribution in [0.1, 0.15) is 25.8 Å². The monoisotopic (exact) mass is 392 g/mol. The van der Waals surface area contributed by atoms with E-state index in [1.807, 2.05) is 37.3 Å². The second-order valence-corrected chi connectivity index (χ2v) is 6.75. The van der Waals surface area contributed by atoms with E-state index in [1.54, 1.807) is 23.1 Å². The molecule has 138 valence electrons. The summed E-state index contributed by atoms with van der Waals surface area (Å²) in [4.78, 5) is 27.9. The molecule has 2 amide bonds. The van der Waals surface area contributed by atoms with Crippen LogP contribution >= 0.6 is 23.2 Å². The van der Waals surface area contributed by atoms with Crippen molar-refractivity contribution in [3.63, 3.8) is 0 Å². The molecule has 0 heterocycles. The Hall–Kier alpha value is -2.04. The number of nitrogens with zero attached hydrogens (tertiary/aromatic N) is 2. The Morgan fingerprint density at radius 2 is 1.73 bits per heavy atom. The average Bonchev–Trinajstić information content (AvgIpc) is 2.61. The molecule has 0 bridgehead atoms. The highest BCUT2D eigenvalue weighted by atomic mass is 35.5. The Kier molecular flexibility index (Phi) is 7.49. The summed E-state index contributed by atoms with van der Waals surface area (Å²) in [6, 6.07) is 14.8. The van der Waals surface area contributed by atoms with Crippen molar-refractivity contribution in [1.82, 2.24) is 4.90 Å². The molecular formula is C20H22Cl2N2O2. The Morgan fingerprint density at radius 3 is 2.31 bits per heavy atom. The molecule has 0 aliphatic carbocycles. The summed E-state index contributed by atoms with van der Waals surface area (Å²) in [6.07, 6.45) is 0.221. The highest BCUT2D eigenvalue weighted by Gasteiger charge is 2.19. The third kappa shape index (κ3) is 5.48. The van der Waals surface area contributed by atoms with Gasteiger partial charge >= 0.3 is 0 Å². The number of benzene rings is 2. The number of halogens is 2. The van der Waals surface area contributed by atoms with Crippen molar-refractivity contribution in [3.05, 3.63) is 64.1 Å². The van der Waals surface area contributed by atoms with E-state index in [-0.39, 0.29) is 24.8 Å². The summed E-state index contributed by atoms with van der Waals surface area (Å²) >= 11 is 12.1. The quantitative estimate of drug-likeness (QED) is 0.679. The maximum atomic E-state index is 12.6. The first-order valence-electron chi connectivity index (χ1n) is 8.47. The number of carbonyl (C=O) groups excluding carboxylic acids is 2. The molecule has 0 atom stereocenters. The highest BCUT2D eigenvalue weighted by Crippen LogP contribution is 2.29. The van der Waals surface area contributed by atoms with Gasteiger partial charge in [-0.05, 0) is 30.7 Å². The van der Waals surface area contributed by atoms with Gasteiger partial charge in [-0.2, -0.15) is 0 Å². The van der Waals surface area contributed by atoms with Gasteiger partial charge in [0.1, 0.15) is 0 Å². The van der Waals surface area contributed by atoms with Crippen LogP contribution < -0.4 is 4.90 Å². The second kappa shape index (κ2) is 9.60. The minimum atomic E-state index is -0.173. The van der Waals surface area contributed by atoms with Crippen LogP contribution in [0, 0.1) is 0 Å². The van der Waals surface area contributed by atoms with Crippen LogP contribution in [0.4, 0.5) is 5.69 Å². The molecule has 2 aromatic rings. The smallest absolute Gasteiger partial charge is 0.224 e. The normalized spacial score (nSPS) is 10.5. The van der Waals surface area contributed by atoms with E-state index in [2.05, 4.69) is 0 Å². The Labute approximate surface area is 164 Å². The lowest BCUT2D eigenvalue weighted by Crippen LogP contribution is -2.36. The van der Waals surface area contributed by atoms with E-state index < -0.39 is 0 Å². The molecule has 0 radical (unpaired) electrons. The lowest BCUT2D eigenvalue weighted by atomic mass is 10.2. The van der Waals surface area contributed by atoms with Crippen molar-refractivity contribution in [1.29, 1.82) is 0 Å². The molecule has 0 fully saturated rings. The molecule has 4 nitrogen and oxygen atoms in total. The fourth-order valence-corrected chi connectivity index (χ4v) is 3.20. The maximum Gasteiger partial charge on any atom is 0.224 e. The van der Waals surface area contributed by atoms with Crippen molar-refractivity contribution in [2.75, 3.05) is 18.0 Å². The lowest BCUT2D eigenvalue weighted by molar-refractivity contribution is -0.131. The standard InChI is InChI=1S/C20H22Cl2N2O2/c1-3-23(14-16-7-5-4-6-8-16)20(26)11-12-24(15(2)25)19-10-9-17(21)13-18(19)22/h4-10,13H,3,11-12,14H2,1-2H3. The first-order chi connectivity index (χ1) is 12.4. The van der Waals surface area contributed by atoms with Crippen molar-refractivity contribution < 1.29 is 9.59 Å². The number of carbonyl (C=O) groups is 2. The van der Waals surface area contributed by atoms with E-state index in [0.29, 0.717) is 28.8 Å². The molecular weight excluding hydrogens is 371 g/mol. The van der Waals surface area contributed by atoms with Gasteiger partial charge in [-0.15, -0.1) is 0 Å². The second-order valence-electron chi connectivity index (χ2n) is 5.91. The first-order valence-corrected chi connectivity index (χ1v) is 9.22. The molecule has 0 aliphatic rings. The Bertz CT molecular complexity index is 766. The summed E-state index contributed by atoms with van der Waals surface area (Å²) in [5.74, 6) is -0.180. The van der Waals surface area contributed by atoms with Gasteiger partial charge in [-0.3, -0.25) is 9.59 Å². The third-order valence-electron chi connectivity index (χ3n) is 4.08. The molecule has 2 aromatic carbocycles. The predicted octanol–water partition coefficient (Wildman–Crippen LogP) is 4.79. The van der Waals surface area contributed by atoms with Gasteiger partial charge in [-0.25, -0.2) is 0 Å². The number of hydrogen-bond acceptors (Lipinski definition) is 2. The van der Waals surface area contributed by atoms with Crippen LogP contribution in [0.3, 0.4) is 0 Å². The van der Waals surface area contributed by atoms with Gasteiger partial charge in [-0.1, -0.05) is 53.5 Å². The summed E-state index contributed by atoms with van der Waals surface area (Å²) in [5, 5.41) is 0.884. The largest absolute Gasteiger partial charge is 0.339 e. The molecule has 6 heteroatoms. The molecule has 0 aliphatic heterocycles. The van der Waals surface area contributed by atoms with Gasteiger partial charge in [0, 0.05) is 38.0 Å². The van der Waals surface area contributed by atoms with E-state index in [0.717, 1.165) is 5.56 Å². The highest BCUT2D eigenvalue weighted by molar-refractivity contribution is 6.36. The van der Waals surface area contributed by atoms with Gasteiger partial charge < -0.3 is 9.80 Å². The molecule has 0 unspecified atom stereocenters. The van der Waals surface area contributed by atoms with Crippen molar-refractivity contribution >= 4 is 40.7 Å². The van der Waals surface area contributed by atoms with Gasteiger partial charge in [0.25, 0.3) is 0 Å². The Balaban J connectivity index is 2.05. The van der Waals surface area contributed by atoms with Crippen LogP contribution in [0.5, 0.6) is 0 Å². The zero-order chi connectivity index (χ0) is 19.1. The Morgan fingerprint density at radius 1 is 1.04 bits per heavy atom. The summed E-state index contributed by atoms with van der Waals surface area (Å²) in [7, 11) is 0. The lowest BCUT2D eigenvalue weighted by Gasteiger charge is -2.25. The predicted molar refractivity (Wildman–Crippen MR) is 107 cm³/mol. The molecule has 0 aromatic heterocycles. The number of anilines is 1. The summed E-state index contributed by atoms with van der Waals surface area (Å²) in [6.45, 7) is 4.82. The summed E-state index contributed by atoms with van der Waals surface area (Å²) < 4.78 is 0. The zero-order valence-corrected chi connectivity index (χ0v) is 16.4. The molecule has 2 rings (SSSR count). The average molecular weight is 393 g/mol. The van der Waals surface area contributed by atoms with Gasteiger partial charge in [0.05, 0.1) is 10.7 Å². The van der Waals surface area contributed by atoms with Gasteiger partial charge in [0.2, 0.25) is 11.8 Å². The summed E-state index contributed by atoms with van der Waals surface area (Å²) in [5.41, 5.74) is 1.63. The minimum absolute atomic E-state index is 0.00677.